The average molecular weight is 797 g/mol. The van der Waals surface area contributed by atoms with E-state index in [0.717, 1.165) is 21.7 Å². The number of carbonyl (C=O) groups is 1. The van der Waals surface area contributed by atoms with Crippen molar-refractivity contribution >= 4 is 41.1 Å². The number of hydrogen-bond donors (Lipinski definition) is 2. The van der Waals surface area contributed by atoms with Crippen LogP contribution in [0, 0.1) is 10.8 Å². The Kier molecular flexibility index (Phi) is 12.8. The Morgan fingerprint density at radius 3 is 1.55 bits per heavy atom. The second kappa shape index (κ2) is 15.7. The van der Waals surface area contributed by atoms with Gasteiger partial charge in [0.05, 0.1) is 6.54 Å². The zero-order chi connectivity index (χ0) is 42.5. The molecular weight excluding hydrogens is 723 g/mol. The highest BCUT2D eigenvalue weighted by molar-refractivity contribution is 7.84. The van der Waals surface area contributed by atoms with E-state index in [0.29, 0.717) is 13.1 Å². The second-order valence-corrected chi connectivity index (χ2v) is 29.9. The van der Waals surface area contributed by atoms with E-state index < -0.39 is 14.1 Å². The van der Waals surface area contributed by atoms with Crippen LogP contribution in [-0.4, -0.2) is 34.5 Å². The zero-order valence-electron chi connectivity index (χ0n) is 38.2. The van der Waals surface area contributed by atoms with Crippen molar-refractivity contribution < 1.29 is 14.6 Å². The van der Waals surface area contributed by atoms with Crippen LogP contribution in [0.15, 0.2) is 96.1 Å². The quantitative estimate of drug-likeness (QED) is 0.185. The van der Waals surface area contributed by atoms with E-state index in [9.17, 15) is 0 Å². The fourth-order valence-electron chi connectivity index (χ4n) is 8.06. The van der Waals surface area contributed by atoms with Gasteiger partial charge in [-0.15, -0.1) is 0 Å². The van der Waals surface area contributed by atoms with Gasteiger partial charge in [-0.25, -0.2) is 0 Å². The van der Waals surface area contributed by atoms with E-state index in [1.807, 2.05) is 0 Å². The lowest BCUT2D eigenvalue weighted by Crippen LogP contribution is -2.74. The summed E-state index contributed by atoms with van der Waals surface area (Å²) in [7, 11) is -5.21. The van der Waals surface area contributed by atoms with Crippen LogP contribution in [-0.2, 0) is 15.6 Å². The molecule has 306 valence electrons. The third-order valence-electron chi connectivity index (χ3n) is 11.3. The molecule has 0 fully saturated rings. The number of carbonyl (C=O) groups excluding carboxylic acids is 1. The Balaban J connectivity index is 2.11. The number of hydrogen-bond acceptors (Lipinski definition) is 3. The molecule has 0 unspecified atom stereocenters. The van der Waals surface area contributed by atoms with Crippen LogP contribution < -0.4 is 30.9 Å². The maximum Gasteiger partial charge on any atom is 0.191 e. The van der Waals surface area contributed by atoms with E-state index in [-0.39, 0.29) is 43.5 Å². The lowest BCUT2D eigenvalue weighted by atomic mass is 9.75. The van der Waals surface area contributed by atoms with Crippen molar-refractivity contribution in [2.45, 2.75) is 146 Å². The fraction of sp³-hybridized carbons (Fsp3) is 0.520. The fourth-order valence-corrected chi connectivity index (χ4v) is 16.9. The summed E-state index contributed by atoms with van der Waals surface area (Å²) in [6, 6.07) is 25.8. The summed E-state index contributed by atoms with van der Waals surface area (Å²) in [4.78, 5) is 15.1. The Morgan fingerprint density at radius 2 is 1.12 bits per heavy atom. The summed E-state index contributed by atoms with van der Waals surface area (Å²) < 4.78 is 4.21. The average Bonchev–Trinajstić information content (AvgIpc) is 3.05. The zero-order valence-corrected chi connectivity index (χ0v) is 40.0. The van der Waals surface area contributed by atoms with Crippen LogP contribution >= 0.6 is 14.1 Å². The summed E-state index contributed by atoms with van der Waals surface area (Å²) in [5, 5.41) is 22.8. The summed E-state index contributed by atoms with van der Waals surface area (Å²) in [5.74, 6) is 0.284. The molecule has 1 aliphatic rings. The number of allylic oxidation sites excluding steroid dienone is 4. The molecule has 2 atom stereocenters. The SMILES string of the molecule is CC(C)(C)C1=CC(=[P@@](NCC[NH+]=[P@](c2ccccc2)(c2cc(C(C)(C)C)cc(C(C)(C)C)c2[O-])C(C)(C)C)(c2ccccc2)C(C)(C)C)C(=O)C(C(C)(C)C)=C1. The standard InChI is InChI=1S/C50H74N2O2P2/c1-45(2,3)35-31-39(47(7,8)9)43(53)41(33-35)55(49(13,14)15,37-25-21-19-22-26-37)51-29-30-52-56(50(16,17)18,38-27-23-20-24-28-38)42-34-36(46(4,5)6)32-40(44(42)54)48(10,11)12/h19-28,31-34,51,54H,29-30H2,1-18H3/t55-,56+/m0/s1. The molecule has 3 aromatic carbocycles. The monoisotopic (exact) mass is 797 g/mol. The minimum absolute atomic E-state index is 0.142. The van der Waals surface area contributed by atoms with Crippen molar-refractivity contribution in [3.63, 3.8) is 0 Å². The van der Waals surface area contributed by atoms with Crippen LogP contribution in [0.3, 0.4) is 0 Å². The predicted octanol–water partition coefficient (Wildman–Crippen LogP) is 9.73. The lowest BCUT2D eigenvalue weighted by molar-refractivity contribution is -0.432. The Hall–Kier alpha value is -2.90. The van der Waals surface area contributed by atoms with Crippen molar-refractivity contribution in [2.24, 2.45) is 10.8 Å². The van der Waals surface area contributed by atoms with Gasteiger partial charge in [0.15, 0.2) is 12.8 Å². The minimum atomic E-state index is -2.60. The van der Waals surface area contributed by atoms with Gasteiger partial charge in [-0.2, -0.15) is 0 Å². The number of Topliss-reactive ketones (excluding diaryl/α,β-unsaturated/α-hetero) is 1. The molecule has 0 radical (unpaired) electrons. The highest BCUT2D eigenvalue weighted by atomic mass is 31.2. The van der Waals surface area contributed by atoms with Gasteiger partial charge in [0.1, 0.15) is 6.54 Å². The third kappa shape index (κ3) is 8.89. The minimum Gasteiger partial charge on any atom is -0.872 e. The van der Waals surface area contributed by atoms with Crippen molar-refractivity contribution in [1.29, 1.82) is 0 Å². The number of rotatable bonds is 7. The van der Waals surface area contributed by atoms with Crippen molar-refractivity contribution in [1.82, 2.24) is 5.09 Å². The molecule has 0 amide bonds. The molecule has 0 bridgehead atoms. The molecule has 4 nitrogen and oxygen atoms in total. The maximum absolute atomic E-state index is 15.1. The van der Waals surface area contributed by atoms with Crippen LogP contribution in [0.25, 0.3) is 0 Å². The van der Waals surface area contributed by atoms with Gasteiger partial charge < -0.3 is 5.11 Å². The third-order valence-corrected chi connectivity index (χ3v) is 21.0. The van der Waals surface area contributed by atoms with Gasteiger partial charge in [-0.05, 0) is 80.1 Å². The Bertz CT molecular complexity index is 2090. The first-order valence-corrected chi connectivity index (χ1v) is 24.1. The van der Waals surface area contributed by atoms with Gasteiger partial charge in [-0.3, -0.25) is 14.6 Å². The van der Waals surface area contributed by atoms with E-state index >= 15 is 9.90 Å². The van der Waals surface area contributed by atoms with Crippen molar-refractivity contribution in [2.75, 3.05) is 13.1 Å². The summed E-state index contributed by atoms with van der Waals surface area (Å²) in [6.45, 7) is 41.3. The predicted molar refractivity (Wildman–Crippen MR) is 247 cm³/mol. The largest absolute Gasteiger partial charge is 0.872 e. The molecule has 0 aromatic heterocycles. The van der Waals surface area contributed by atoms with Crippen LogP contribution in [0.1, 0.15) is 136 Å². The van der Waals surface area contributed by atoms with E-state index in [4.69, 9.17) is 0 Å². The van der Waals surface area contributed by atoms with Crippen molar-refractivity contribution in [3.8, 4) is 5.75 Å². The first kappa shape index (κ1) is 45.8. The van der Waals surface area contributed by atoms with Gasteiger partial charge in [-0.1, -0.05) is 191 Å². The van der Waals surface area contributed by atoms with Crippen molar-refractivity contribution in [3.05, 3.63) is 107 Å². The molecule has 0 aliphatic heterocycles. The molecule has 6 heteroatoms. The van der Waals surface area contributed by atoms with Gasteiger partial charge >= 0.3 is 0 Å². The van der Waals surface area contributed by atoms with E-state index in [2.05, 4.69) is 219 Å². The molecule has 2 N–H and O–H groups in total. The Morgan fingerprint density at radius 1 is 0.607 bits per heavy atom. The molecule has 1 aliphatic carbocycles. The first-order chi connectivity index (χ1) is 25.4. The normalized spacial score (nSPS) is 17.2. The Labute approximate surface area is 342 Å². The maximum atomic E-state index is 15.1. The number of ketones is 1. The molecule has 0 saturated carbocycles. The van der Waals surface area contributed by atoms with Gasteiger partial charge in [0.25, 0.3) is 0 Å². The van der Waals surface area contributed by atoms with Gasteiger partial charge in [0, 0.05) is 26.6 Å². The smallest absolute Gasteiger partial charge is 0.191 e. The highest BCUT2D eigenvalue weighted by Crippen LogP contribution is 2.58. The molecule has 0 heterocycles. The summed E-state index contributed by atoms with van der Waals surface area (Å²) in [6.07, 6.45) is 4.39. The van der Waals surface area contributed by atoms with Crippen LogP contribution in [0.4, 0.5) is 0 Å². The number of benzene rings is 3. The summed E-state index contributed by atoms with van der Waals surface area (Å²) in [5.41, 5.74) is 3.14. The van der Waals surface area contributed by atoms with E-state index in [1.54, 1.807) is 0 Å². The van der Waals surface area contributed by atoms with Gasteiger partial charge in [0.2, 0.25) is 0 Å². The first-order valence-electron chi connectivity index (χ1n) is 20.5. The molecule has 56 heavy (non-hydrogen) atoms. The molecular formula is C50H74N2O2P2. The van der Waals surface area contributed by atoms with E-state index in [1.165, 1.54) is 21.7 Å². The number of nitrogens with one attached hydrogen (secondary N) is 2. The van der Waals surface area contributed by atoms with Crippen LogP contribution in [0.5, 0.6) is 5.75 Å². The van der Waals surface area contributed by atoms with Crippen LogP contribution in [0.2, 0.25) is 0 Å². The summed E-state index contributed by atoms with van der Waals surface area (Å²) >= 11 is 0. The second-order valence-electron chi connectivity index (χ2n) is 21.9. The molecule has 0 saturated heterocycles. The topological polar surface area (TPSA) is 66.1 Å². The highest BCUT2D eigenvalue weighted by Gasteiger charge is 2.46. The molecule has 3 aromatic rings. The molecule has 0 spiro atoms. The molecule has 4 rings (SSSR count). The lowest BCUT2D eigenvalue weighted by Gasteiger charge is -2.44.